The van der Waals surface area contributed by atoms with E-state index in [1.165, 1.54) is 12.3 Å². The number of hydrogen-bond donors (Lipinski definition) is 2. The van der Waals surface area contributed by atoms with Crippen LogP contribution in [0, 0.1) is 0 Å². The minimum absolute atomic E-state index is 0. The highest BCUT2D eigenvalue weighted by molar-refractivity contribution is 5.85. The summed E-state index contributed by atoms with van der Waals surface area (Å²) in [7, 11) is 0. The van der Waals surface area contributed by atoms with Crippen molar-refractivity contribution in [1.29, 1.82) is 0 Å². The van der Waals surface area contributed by atoms with E-state index in [0.717, 1.165) is 0 Å². The van der Waals surface area contributed by atoms with E-state index in [1.807, 2.05) is 0 Å². The molecule has 0 fully saturated rings. The van der Waals surface area contributed by atoms with Crippen LogP contribution < -0.4 is 0 Å². The van der Waals surface area contributed by atoms with Gasteiger partial charge in [-0.2, -0.15) is 0 Å². The van der Waals surface area contributed by atoms with Gasteiger partial charge < -0.3 is 10.2 Å². The Balaban J connectivity index is 0.00000169. The van der Waals surface area contributed by atoms with Crippen molar-refractivity contribution in [3.05, 3.63) is 29.6 Å². The van der Waals surface area contributed by atoms with Gasteiger partial charge in [-0.15, -0.1) is 12.4 Å². The Morgan fingerprint density at radius 2 is 2.00 bits per heavy atom. The quantitative estimate of drug-likeness (QED) is 0.786. The summed E-state index contributed by atoms with van der Waals surface area (Å²) >= 11 is 0. The van der Waals surface area contributed by atoms with Gasteiger partial charge in [0.2, 0.25) is 0 Å². The van der Waals surface area contributed by atoms with E-state index in [4.69, 9.17) is 5.11 Å². The standard InChI is InChI=1S/C9H11NO3.ClH/c1-9(2,13)6-3-4-7(8(11)12)10-5-6;/h3-5,13H,1-2H3,(H,11,12);1H. The number of carboxylic acid groups (broad SMARTS) is 1. The van der Waals surface area contributed by atoms with Crippen LogP contribution in [0.4, 0.5) is 0 Å². The molecule has 0 aliphatic rings. The third-order valence-corrected chi connectivity index (χ3v) is 1.69. The fourth-order valence-electron chi connectivity index (χ4n) is 0.882. The lowest BCUT2D eigenvalue weighted by Crippen LogP contribution is -2.16. The molecule has 0 aliphatic heterocycles. The summed E-state index contributed by atoms with van der Waals surface area (Å²) in [5.41, 5.74) is -0.408. The molecule has 5 heteroatoms. The highest BCUT2D eigenvalue weighted by atomic mass is 35.5. The van der Waals surface area contributed by atoms with Crippen LogP contribution in [0.1, 0.15) is 29.9 Å². The molecule has 0 amide bonds. The van der Waals surface area contributed by atoms with Gasteiger partial charge in [-0.05, 0) is 19.9 Å². The lowest BCUT2D eigenvalue weighted by molar-refractivity contribution is 0.0683. The van der Waals surface area contributed by atoms with Crippen LogP contribution in [0.5, 0.6) is 0 Å². The normalized spacial score (nSPS) is 10.5. The van der Waals surface area contributed by atoms with Crippen LogP contribution in [0.25, 0.3) is 0 Å². The van der Waals surface area contributed by atoms with Gasteiger partial charge >= 0.3 is 5.97 Å². The van der Waals surface area contributed by atoms with Crippen molar-refractivity contribution in [1.82, 2.24) is 4.98 Å². The maximum atomic E-state index is 10.4. The Kier molecular flexibility index (Phi) is 4.04. The predicted octanol–water partition coefficient (Wildman–Crippen LogP) is 1.43. The van der Waals surface area contributed by atoms with Gasteiger partial charge in [0.1, 0.15) is 5.69 Å². The SMILES string of the molecule is CC(C)(O)c1ccc(C(=O)O)nc1.Cl. The second-order valence-corrected chi connectivity index (χ2v) is 3.30. The van der Waals surface area contributed by atoms with Crippen LogP contribution in [0.3, 0.4) is 0 Å². The summed E-state index contributed by atoms with van der Waals surface area (Å²) in [4.78, 5) is 14.1. The summed E-state index contributed by atoms with van der Waals surface area (Å²) in [6, 6.07) is 2.92. The molecular weight excluding hydrogens is 206 g/mol. The number of pyridine rings is 1. The molecule has 0 saturated carbocycles. The number of carboxylic acids is 1. The number of aromatic carboxylic acids is 1. The zero-order valence-corrected chi connectivity index (χ0v) is 8.71. The third-order valence-electron chi connectivity index (χ3n) is 1.69. The molecule has 0 atom stereocenters. The molecule has 0 aliphatic carbocycles. The van der Waals surface area contributed by atoms with Crippen LogP contribution >= 0.6 is 12.4 Å². The van der Waals surface area contributed by atoms with Gasteiger partial charge in [0.25, 0.3) is 0 Å². The molecule has 1 rings (SSSR count). The Labute approximate surface area is 88.0 Å². The van der Waals surface area contributed by atoms with Crippen LogP contribution in [0.15, 0.2) is 18.3 Å². The number of aliphatic hydroxyl groups is 1. The molecule has 1 aromatic rings. The van der Waals surface area contributed by atoms with Crippen LogP contribution in [-0.4, -0.2) is 21.2 Å². The Morgan fingerprint density at radius 3 is 2.29 bits per heavy atom. The maximum absolute atomic E-state index is 10.4. The molecule has 0 aromatic carbocycles. The van der Waals surface area contributed by atoms with Gasteiger partial charge in [-0.3, -0.25) is 0 Å². The maximum Gasteiger partial charge on any atom is 0.354 e. The second kappa shape index (κ2) is 4.39. The van der Waals surface area contributed by atoms with E-state index in [1.54, 1.807) is 19.9 Å². The van der Waals surface area contributed by atoms with Crippen molar-refractivity contribution in [3.63, 3.8) is 0 Å². The minimum Gasteiger partial charge on any atom is -0.477 e. The van der Waals surface area contributed by atoms with E-state index < -0.39 is 11.6 Å². The molecule has 78 valence electrons. The highest BCUT2D eigenvalue weighted by Gasteiger charge is 2.16. The van der Waals surface area contributed by atoms with E-state index in [-0.39, 0.29) is 18.1 Å². The Hall–Kier alpha value is -1.13. The van der Waals surface area contributed by atoms with Crippen molar-refractivity contribution in [2.24, 2.45) is 0 Å². The summed E-state index contributed by atoms with van der Waals surface area (Å²) in [6.07, 6.45) is 1.36. The summed E-state index contributed by atoms with van der Waals surface area (Å²) in [5.74, 6) is -1.07. The summed E-state index contributed by atoms with van der Waals surface area (Å²) in [6.45, 7) is 3.23. The zero-order chi connectivity index (χ0) is 10.1. The van der Waals surface area contributed by atoms with E-state index in [2.05, 4.69) is 4.98 Å². The lowest BCUT2D eigenvalue weighted by atomic mass is 10.0. The number of nitrogens with zero attached hydrogens (tertiary/aromatic N) is 1. The fourth-order valence-corrected chi connectivity index (χ4v) is 0.882. The lowest BCUT2D eigenvalue weighted by Gasteiger charge is -2.16. The average Bonchev–Trinajstić information content (AvgIpc) is 2.03. The van der Waals surface area contributed by atoms with Gasteiger partial charge in [-0.25, -0.2) is 9.78 Å². The van der Waals surface area contributed by atoms with Crippen molar-refractivity contribution in [3.8, 4) is 0 Å². The average molecular weight is 218 g/mol. The monoisotopic (exact) mass is 217 g/mol. The van der Waals surface area contributed by atoms with E-state index in [0.29, 0.717) is 5.56 Å². The molecular formula is C9H12ClNO3. The summed E-state index contributed by atoms with van der Waals surface area (Å²) < 4.78 is 0. The summed E-state index contributed by atoms with van der Waals surface area (Å²) in [5, 5.41) is 18.1. The van der Waals surface area contributed by atoms with Crippen LogP contribution in [0.2, 0.25) is 0 Å². The number of carbonyl (C=O) groups is 1. The fraction of sp³-hybridized carbons (Fsp3) is 0.333. The zero-order valence-electron chi connectivity index (χ0n) is 7.89. The smallest absolute Gasteiger partial charge is 0.354 e. The largest absolute Gasteiger partial charge is 0.477 e. The molecule has 14 heavy (non-hydrogen) atoms. The van der Waals surface area contributed by atoms with E-state index in [9.17, 15) is 9.90 Å². The van der Waals surface area contributed by atoms with Gasteiger partial charge in [0.05, 0.1) is 5.60 Å². The van der Waals surface area contributed by atoms with Gasteiger partial charge in [0.15, 0.2) is 0 Å². The number of halogens is 1. The van der Waals surface area contributed by atoms with Crippen molar-refractivity contribution < 1.29 is 15.0 Å². The molecule has 0 bridgehead atoms. The number of aromatic nitrogens is 1. The van der Waals surface area contributed by atoms with Crippen molar-refractivity contribution >= 4 is 18.4 Å². The molecule has 0 radical (unpaired) electrons. The van der Waals surface area contributed by atoms with Crippen molar-refractivity contribution in [2.45, 2.75) is 19.4 Å². The molecule has 1 heterocycles. The first-order chi connectivity index (χ1) is 5.91. The van der Waals surface area contributed by atoms with Gasteiger partial charge in [0, 0.05) is 11.8 Å². The molecule has 0 saturated heterocycles. The third kappa shape index (κ3) is 2.97. The van der Waals surface area contributed by atoms with Crippen molar-refractivity contribution in [2.75, 3.05) is 0 Å². The van der Waals surface area contributed by atoms with Crippen LogP contribution in [-0.2, 0) is 5.60 Å². The first kappa shape index (κ1) is 12.9. The van der Waals surface area contributed by atoms with E-state index >= 15 is 0 Å². The number of hydrogen-bond acceptors (Lipinski definition) is 3. The Bertz CT molecular complexity index is 316. The number of rotatable bonds is 2. The minimum atomic E-state index is -1.07. The predicted molar refractivity (Wildman–Crippen MR) is 53.7 cm³/mol. The highest BCUT2D eigenvalue weighted by Crippen LogP contribution is 2.18. The molecule has 0 spiro atoms. The second-order valence-electron chi connectivity index (χ2n) is 3.30. The topological polar surface area (TPSA) is 70.4 Å². The molecule has 0 unspecified atom stereocenters. The molecule has 2 N–H and O–H groups in total. The first-order valence-corrected chi connectivity index (χ1v) is 3.83. The Morgan fingerprint density at radius 1 is 1.43 bits per heavy atom. The van der Waals surface area contributed by atoms with Gasteiger partial charge in [-0.1, -0.05) is 6.07 Å². The molecule has 4 nitrogen and oxygen atoms in total. The first-order valence-electron chi connectivity index (χ1n) is 3.83. The molecule has 1 aromatic heterocycles.